The van der Waals surface area contributed by atoms with Crippen LogP contribution in [0.25, 0.3) is 0 Å². The quantitative estimate of drug-likeness (QED) is 0.663. The van der Waals surface area contributed by atoms with Crippen molar-refractivity contribution in [2.75, 3.05) is 0 Å². The van der Waals surface area contributed by atoms with Crippen molar-refractivity contribution in [2.45, 2.75) is 68.8 Å². The number of hydrogen-bond acceptors (Lipinski definition) is 2. The summed E-state index contributed by atoms with van der Waals surface area (Å²) in [5.74, 6) is 1.42. The molecule has 1 saturated heterocycles. The minimum Gasteiger partial charge on any atom is -0.300 e. The van der Waals surface area contributed by atoms with E-state index in [-0.39, 0.29) is 0 Å². The molecule has 2 heteroatoms. The molecule has 0 N–H and O–H groups in total. The summed E-state index contributed by atoms with van der Waals surface area (Å²) in [6, 6.07) is 0. The fraction of sp³-hybridized carbons (Fsp3) is 0.923. The van der Waals surface area contributed by atoms with Gasteiger partial charge in [0.25, 0.3) is 0 Å². The van der Waals surface area contributed by atoms with Gasteiger partial charge in [-0.15, -0.1) is 0 Å². The number of carbonyl (C=O) groups is 1. The van der Waals surface area contributed by atoms with Crippen molar-refractivity contribution in [3.05, 3.63) is 0 Å². The van der Waals surface area contributed by atoms with Gasteiger partial charge in [-0.05, 0) is 51.4 Å². The van der Waals surface area contributed by atoms with Gasteiger partial charge >= 0.3 is 0 Å². The van der Waals surface area contributed by atoms with Crippen LogP contribution in [0.15, 0.2) is 0 Å². The number of unbranched alkanes of at least 4 members (excludes halogenated alkanes) is 1. The van der Waals surface area contributed by atoms with Crippen LogP contribution in [-0.2, 0) is 4.79 Å². The van der Waals surface area contributed by atoms with Crippen LogP contribution in [0.1, 0.15) is 58.3 Å². The second kappa shape index (κ2) is 5.38. The zero-order valence-corrected chi connectivity index (χ0v) is 10.5. The van der Waals surface area contributed by atoms with Crippen molar-refractivity contribution in [3.63, 3.8) is 0 Å². The fourth-order valence-corrected chi connectivity index (χ4v) is 4.56. The molecule has 2 fully saturated rings. The minimum atomic E-state index is 0.352. The summed E-state index contributed by atoms with van der Waals surface area (Å²) in [6.07, 6.45) is 10.4. The molecule has 0 aromatic rings. The highest BCUT2D eigenvalue weighted by atomic mass is 32.2. The zero-order valence-electron chi connectivity index (χ0n) is 9.71. The molecule has 1 nitrogen and oxygen atoms in total. The van der Waals surface area contributed by atoms with Crippen molar-refractivity contribution in [3.8, 4) is 0 Å². The second-order valence-corrected chi connectivity index (χ2v) is 6.70. The van der Waals surface area contributed by atoms with Crippen molar-refractivity contribution in [1.82, 2.24) is 0 Å². The van der Waals surface area contributed by atoms with Gasteiger partial charge in [0.1, 0.15) is 5.78 Å². The minimum absolute atomic E-state index is 0.352. The molecule has 15 heavy (non-hydrogen) atoms. The Hall–Kier alpha value is 0.0200. The summed E-state index contributed by atoms with van der Waals surface area (Å²) in [7, 11) is 0. The lowest BCUT2D eigenvalue weighted by Crippen LogP contribution is -2.35. The highest BCUT2D eigenvalue weighted by molar-refractivity contribution is 8.00. The van der Waals surface area contributed by atoms with Gasteiger partial charge < -0.3 is 4.79 Å². The maximum atomic E-state index is 10.8. The van der Waals surface area contributed by atoms with Gasteiger partial charge in [-0.3, -0.25) is 0 Å². The van der Waals surface area contributed by atoms with Crippen LogP contribution in [0, 0.1) is 5.92 Å². The molecule has 86 valence electrons. The molecule has 1 saturated carbocycles. The van der Waals surface area contributed by atoms with E-state index in [2.05, 4.69) is 11.8 Å². The smallest absolute Gasteiger partial charge is 0.129 e. The molecule has 0 amide bonds. The lowest BCUT2D eigenvalue weighted by Gasteiger charge is -2.43. The Balaban J connectivity index is 1.57. The summed E-state index contributed by atoms with van der Waals surface area (Å²) in [6.45, 7) is 1.70. The maximum absolute atomic E-state index is 10.8. The topological polar surface area (TPSA) is 17.1 Å². The van der Waals surface area contributed by atoms with E-state index < -0.39 is 0 Å². The zero-order chi connectivity index (χ0) is 10.7. The average Bonchev–Trinajstić information content (AvgIpc) is 2.16. The van der Waals surface area contributed by atoms with E-state index >= 15 is 0 Å². The summed E-state index contributed by atoms with van der Waals surface area (Å²) in [4.78, 5) is 10.8. The summed E-state index contributed by atoms with van der Waals surface area (Å²) < 4.78 is 0. The molecule has 3 unspecified atom stereocenters. The monoisotopic (exact) mass is 226 g/mol. The molecular weight excluding hydrogens is 204 g/mol. The number of fused-ring (bicyclic) bond motifs is 1. The predicted octanol–water partition coefficient (Wildman–Crippen LogP) is 3.81. The van der Waals surface area contributed by atoms with Crippen LogP contribution in [0.5, 0.6) is 0 Å². The third-order valence-electron chi connectivity index (χ3n) is 3.88. The average molecular weight is 226 g/mol. The van der Waals surface area contributed by atoms with Crippen molar-refractivity contribution in [2.24, 2.45) is 5.92 Å². The maximum Gasteiger partial charge on any atom is 0.129 e. The van der Waals surface area contributed by atoms with E-state index in [1.165, 1.54) is 38.5 Å². The third kappa shape index (κ3) is 3.24. The molecule has 2 rings (SSSR count). The third-order valence-corrected chi connectivity index (χ3v) is 5.71. The van der Waals surface area contributed by atoms with Gasteiger partial charge in [-0.25, -0.2) is 0 Å². The molecule has 1 aliphatic heterocycles. The number of ketones is 1. The van der Waals surface area contributed by atoms with Crippen LogP contribution >= 0.6 is 11.8 Å². The van der Waals surface area contributed by atoms with E-state index in [4.69, 9.17) is 0 Å². The standard InChI is InChI=1S/C13H22OS/c1-10(14)4-2-3-5-12-8-6-11-7-9-13(11)15-12/h11-13H,2-9H2,1H3. The van der Waals surface area contributed by atoms with Crippen LogP contribution < -0.4 is 0 Å². The lowest BCUT2D eigenvalue weighted by molar-refractivity contribution is -0.117. The molecule has 2 aliphatic rings. The van der Waals surface area contributed by atoms with E-state index in [1.54, 1.807) is 6.92 Å². The SMILES string of the molecule is CC(=O)CCCCC1CCC2CCC2S1. The first-order valence-corrected chi connectivity index (χ1v) is 7.35. The van der Waals surface area contributed by atoms with Crippen LogP contribution in [0.3, 0.4) is 0 Å². The van der Waals surface area contributed by atoms with Gasteiger partial charge in [-0.2, -0.15) is 11.8 Å². The highest BCUT2D eigenvalue weighted by Gasteiger charge is 2.36. The number of rotatable bonds is 5. The molecule has 0 radical (unpaired) electrons. The van der Waals surface area contributed by atoms with Gasteiger partial charge in [0.2, 0.25) is 0 Å². The van der Waals surface area contributed by atoms with Crippen LogP contribution in [0.4, 0.5) is 0 Å². The fourth-order valence-electron chi connectivity index (χ4n) is 2.72. The summed E-state index contributed by atoms with van der Waals surface area (Å²) >= 11 is 2.26. The molecule has 0 aromatic carbocycles. The van der Waals surface area contributed by atoms with Crippen molar-refractivity contribution < 1.29 is 4.79 Å². The lowest BCUT2D eigenvalue weighted by atomic mass is 9.80. The highest BCUT2D eigenvalue weighted by Crippen LogP contribution is 2.48. The molecule has 1 aliphatic carbocycles. The Labute approximate surface area is 97.4 Å². The van der Waals surface area contributed by atoms with E-state index in [1.807, 2.05) is 0 Å². The molecule has 0 aromatic heterocycles. The van der Waals surface area contributed by atoms with Crippen molar-refractivity contribution in [1.29, 1.82) is 0 Å². The molecule has 0 bridgehead atoms. The Kier molecular flexibility index (Phi) is 4.13. The van der Waals surface area contributed by atoms with E-state index in [9.17, 15) is 4.79 Å². The summed E-state index contributed by atoms with van der Waals surface area (Å²) in [5, 5.41) is 1.93. The largest absolute Gasteiger partial charge is 0.300 e. The van der Waals surface area contributed by atoms with Gasteiger partial charge in [0, 0.05) is 16.9 Å². The second-order valence-electron chi connectivity index (χ2n) is 5.16. The number of hydrogen-bond donors (Lipinski definition) is 0. The first-order chi connectivity index (χ1) is 7.25. The number of Topliss-reactive ketones (excluding diaryl/α,β-unsaturated/α-hetero) is 1. The Bertz CT molecular complexity index is 227. The first-order valence-electron chi connectivity index (χ1n) is 6.40. The Morgan fingerprint density at radius 1 is 1.20 bits per heavy atom. The van der Waals surface area contributed by atoms with Gasteiger partial charge in [-0.1, -0.05) is 6.42 Å². The molecule has 0 spiro atoms. The predicted molar refractivity (Wildman–Crippen MR) is 66.3 cm³/mol. The first kappa shape index (κ1) is 11.5. The normalized spacial score (nSPS) is 34.3. The van der Waals surface area contributed by atoms with Gasteiger partial charge in [0.05, 0.1) is 0 Å². The van der Waals surface area contributed by atoms with Crippen molar-refractivity contribution >= 4 is 17.5 Å². The summed E-state index contributed by atoms with van der Waals surface area (Å²) in [5.41, 5.74) is 0. The molecular formula is C13H22OS. The Morgan fingerprint density at radius 2 is 2.00 bits per heavy atom. The van der Waals surface area contributed by atoms with Crippen LogP contribution in [0.2, 0.25) is 0 Å². The Morgan fingerprint density at radius 3 is 2.60 bits per heavy atom. The number of thioether (sulfide) groups is 1. The van der Waals surface area contributed by atoms with E-state index in [0.29, 0.717) is 5.78 Å². The van der Waals surface area contributed by atoms with Gasteiger partial charge in [0.15, 0.2) is 0 Å². The molecule has 3 atom stereocenters. The van der Waals surface area contributed by atoms with E-state index in [0.717, 1.165) is 29.3 Å². The number of carbonyl (C=O) groups excluding carboxylic acids is 1. The molecule has 1 heterocycles. The van der Waals surface area contributed by atoms with Crippen LogP contribution in [-0.4, -0.2) is 16.3 Å².